The maximum absolute atomic E-state index is 12.1. The van der Waals surface area contributed by atoms with E-state index in [1.54, 1.807) is 30.1 Å². The largest absolute Gasteiger partial charge is 0.299 e. The maximum Gasteiger partial charge on any atom is 0.149 e. The summed E-state index contributed by atoms with van der Waals surface area (Å²) in [4.78, 5) is 21.3. The van der Waals surface area contributed by atoms with Crippen molar-refractivity contribution < 1.29 is 4.79 Å². The second-order valence-corrected chi connectivity index (χ2v) is 4.74. The van der Waals surface area contributed by atoms with Gasteiger partial charge in [-0.2, -0.15) is 0 Å². The Hall–Kier alpha value is -1.03. The minimum atomic E-state index is -0.464. The number of carbonyl (C=O) groups is 1. The Morgan fingerprint density at radius 3 is 3.07 bits per heavy atom. The first-order chi connectivity index (χ1) is 7.29. The van der Waals surface area contributed by atoms with Crippen molar-refractivity contribution in [2.75, 3.05) is 7.05 Å². The summed E-state index contributed by atoms with van der Waals surface area (Å²) in [6.07, 6.45) is 7.26. The van der Waals surface area contributed by atoms with Crippen molar-refractivity contribution in [1.82, 2.24) is 4.98 Å². The smallest absolute Gasteiger partial charge is 0.149 e. The number of carbonyl (C=O) groups excluding carboxylic acids is 1. The number of ketones is 1. The Balaban J connectivity index is 2.43. The SMILES string of the molecule is C/N=C\[C@]1(c2cncs2)CCCCC1=O. The van der Waals surface area contributed by atoms with E-state index in [1.165, 1.54) is 0 Å². The van der Waals surface area contributed by atoms with Crippen LogP contribution in [0.2, 0.25) is 0 Å². The lowest BCUT2D eigenvalue weighted by molar-refractivity contribution is -0.123. The zero-order valence-electron chi connectivity index (χ0n) is 8.77. The van der Waals surface area contributed by atoms with E-state index >= 15 is 0 Å². The molecule has 2 rings (SSSR count). The van der Waals surface area contributed by atoms with Crippen molar-refractivity contribution in [2.45, 2.75) is 31.1 Å². The molecule has 0 saturated heterocycles. The van der Waals surface area contributed by atoms with Crippen LogP contribution in [0, 0.1) is 0 Å². The van der Waals surface area contributed by atoms with Crippen molar-refractivity contribution in [2.24, 2.45) is 4.99 Å². The fraction of sp³-hybridized carbons (Fsp3) is 0.545. The van der Waals surface area contributed by atoms with Gasteiger partial charge in [-0.1, -0.05) is 6.42 Å². The highest BCUT2D eigenvalue weighted by Gasteiger charge is 2.41. The third-order valence-electron chi connectivity index (χ3n) is 2.94. The van der Waals surface area contributed by atoms with Crippen LogP contribution in [0.1, 0.15) is 30.6 Å². The molecule has 1 fully saturated rings. The van der Waals surface area contributed by atoms with Gasteiger partial charge in [0.25, 0.3) is 0 Å². The highest BCUT2D eigenvalue weighted by molar-refractivity contribution is 7.10. The lowest BCUT2D eigenvalue weighted by Gasteiger charge is -2.30. The van der Waals surface area contributed by atoms with Gasteiger partial charge in [0, 0.05) is 30.8 Å². The molecule has 3 nitrogen and oxygen atoms in total. The summed E-state index contributed by atoms with van der Waals surface area (Å²) in [5, 5.41) is 0. The zero-order chi connectivity index (χ0) is 10.7. The van der Waals surface area contributed by atoms with E-state index in [-0.39, 0.29) is 0 Å². The van der Waals surface area contributed by atoms with Gasteiger partial charge in [-0.15, -0.1) is 11.3 Å². The summed E-state index contributed by atoms with van der Waals surface area (Å²) in [6.45, 7) is 0. The first kappa shape index (κ1) is 10.5. The topological polar surface area (TPSA) is 42.3 Å². The number of nitrogens with zero attached hydrogens (tertiary/aromatic N) is 2. The predicted molar refractivity (Wildman–Crippen MR) is 61.7 cm³/mol. The molecule has 0 aromatic carbocycles. The highest BCUT2D eigenvalue weighted by atomic mass is 32.1. The van der Waals surface area contributed by atoms with Gasteiger partial charge < -0.3 is 0 Å². The molecule has 0 amide bonds. The van der Waals surface area contributed by atoms with E-state index in [0.717, 1.165) is 24.1 Å². The molecule has 1 saturated carbocycles. The number of aromatic nitrogens is 1. The van der Waals surface area contributed by atoms with Crippen molar-refractivity contribution in [3.05, 3.63) is 16.6 Å². The van der Waals surface area contributed by atoms with Gasteiger partial charge >= 0.3 is 0 Å². The molecule has 0 N–H and O–H groups in total. The molecule has 1 aromatic heterocycles. The van der Waals surface area contributed by atoms with Crippen molar-refractivity contribution in [3.8, 4) is 0 Å². The molecule has 4 heteroatoms. The fourth-order valence-electron chi connectivity index (χ4n) is 2.17. The molecule has 1 aromatic rings. The van der Waals surface area contributed by atoms with Crippen LogP contribution in [-0.2, 0) is 10.2 Å². The average Bonchev–Trinajstić information content (AvgIpc) is 2.75. The second kappa shape index (κ2) is 4.23. The summed E-state index contributed by atoms with van der Waals surface area (Å²) in [5.41, 5.74) is 1.32. The predicted octanol–water partition coefficient (Wildman–Crippen LogP) is 2.22. The Kier molecular flexibility index (Phi) is 2.95. The molecule has 0 radical (unpaired) electrons. The number of hydrogen-bond acceptors (Lipinski definition) is 4. The normalized spacial score (nSPS) is 27.4. The number of rotatable bonds is 2. The Morgan fingerprint density at radius 1 is 1.60 bits per heavy atom. The van der Waals surface area contributed by atoms with Crippen LogP contribution in [0.15, 0.2) is 16.7 Å². The van der Waals surface area contributed by atoms with Crippen LogP contribution in [-0.4, -0.2) is 24.0 Å². The van der Waals surface area contributed by atoms with Gasteiger partial charge in [-0.3, -0.25) is 14.8 Å². The lowest BCUT2D eigenvalue weighted by atomic mass is 9.73. The molecule has 0 spiro atoms. The Labute approximate surface area is 93.3 Å². The van der Waals surface area contributed by atoms with E-state index in [9.17, 15) is 4.79 Å². The Bertz CT molecular complexity index is 372. The van der Waals surface area contributed by atoms with E-state index in [1.807, 2.05) is 6.21 Å². The van der Waals surface area contributed by atoms with E-state index in [4.69, 9.17) is 0 Å². The van der Waals surface area contributed by atoms with Gasteiger partial charge in [0.2, 0.25) is 0 Å². The molecule has 0 aliphatic heterocycles. The third-order valence-corrected chi connectivity index (χ3v) is 3.89. The summed E-state index contributed by atoms with van der Waals surface area (Å²) in [5.74, 6) is 0.295. The van der Waals surface area contributed by atoms with Gasteiger partial charge in [0.1, 0.15) is 5.78 Å². The van der Waals surface area contributed by atoms with E-state index in [0.29, 0.717) is 12.2 Å². The molecule has 15 heavy (non-hydrogen) atoms. The van der Waals surface area contributed by atoms with Crippen molar-refractivity contribution >= 4 is 23.3 Å². The van der Waals surface area contributed by atoms with Crippen LogP contribution in [0.5, 0.6) is 0 Å². The molecule has 1 aliphatic rings. The van der Waals surface area contributed by atoms with Gasteiger partial charge in [-0.25, -0.2) is 0 Å². The molecule has 0 bridgehead atoms. The van der Waals surface area contributed by atoms with Gasteiger partial charge in [0.05, 0.1) is 10.9 Å². The lowest BCUT2D eigenvalue weighted by Crippen LogP contribution is -2.39. The zero-order valence-corrected chi connectivity index (χ0v) is 9.59. The third kappa shape index (κ3) is 1.74. The number of thiazole rings is 1. The first-order valence-electron chi connectivity index (χ1n) is 5.15. The first-order valence-corrected chi connectivity index (χ1v) is 6.03. The quantitative estimate of drug-likeness (QED) is 0.720. The minimum Gasteiger partial charge on any atom is -0.299 e. The molecule has 80 valence electrons. The summed E-state index contributed by atoms with van der Waals surface area (Å²) in [7, 11) is 1.73. The highest BCUT2D eigenvalue weighted by Crippen LogP contribution is 2.37. The van der Waals surface area contributed by atoms with Crippen LogP contribution < -0.4 is 0 Å². The molecule has 0 unspecified atom stereocenters. The number of aliphatic imine (C=N–C) groups is 1. The monoisotopic (exact) mass is 222 g/mol. The maximum atomic E-state index is 12.1. The van der Waals surface area contributed by atoms with E-state index < -0.39 is 5.41 Å². The van der Waals surface area contributed by atoms with Gasteiger partial charge in [-0.05, 0) is 12.8 Å². The summed E-state index contributed by atoms with van der Waals surface area (Å²) in [6, 6.07) is 0. The number of hydrogen-bond donors (Lipinski definition) is 0. The average molecular weight is 222 g/mol. The molecule has 1 atom stereocenters. The second-order valence-electron chi connectivity index (χ2n) is 3.85. The van der Waals surface area contributed by atoms with Crippen LogP contribution >= 0.6 is 11.3 Å². The van der Waals surface area contributed by atoms with Crippen LogP contribution in [0.25, 0.3) is 0 Å². The van der Waals surface area contributed by atoms with Gasteiger partial charge in [0.15, 0.2) is 0 Å². The van der Waals surface area contributed by atoms with E-state index in [2.05, 4.69) is 9.98 Å². The van der Waals surface area contributed by atoms with Crippen LogP contribution in [0.4, 0.5) is 0 Å². The molecule has 1 aliphatic carbocycles. The minimum absolute atomic E-state index is 0.295. The van der Waals surface area contributed by atoms with Crippen molar-refractivity contribution in [3.63, 3.8) is 0 Å². The van der Waals surface area contributed by atoms with Crippen molar-refractivity contribution in [1.29, 1.82) is 0 Å². The fourth-order valence-corrected chi connectivity index (χ4v) is 3.01. The molecular weight excluding hydrogens is 208 g/mol. The Morgan fingerprint density at radius 2 is 2.47 bits per heavy atom. The summed E-state index contributed by atoms with van der Waals surface area (Å²) >= 11 is 1.55. The summed E-state index contributed by atoms with van der Waals surface area (Å²) < 4.78 is 0. The van der Waals surface area contributed by atoms with Crippen LogP contribution in [0.3, 0.4) is 0 Å². The number of Topliss-reactive ketones (excluding diaryl/α,β-unsaturated/α-hetero) is 1. The molecular formula is C11H14N2OS. The standard InChI is InChI=1S/C11H14N2OS/c1-12-7-11(10-6-13-8-15-10)5-3-2-4-9(11)14/h6-8H,2-5H2,1H3/b12-7-/t11-/m1/s1. The molecule has 1 heterocycles.